The van der Waals surface area contributed by atoms with E-state index in [1.165, 1.54) is 11.0 Å². The minimum Gasteiger partial charge on any atom is -0.393 e. The van der Waals surface area contributed by atoms with Gasteiger partial charge in [0.2, 0.25) is 0 Å². The third kappa shape index (κ3) is 3.43. The van der Waals surface area contributed by atoms with Gasteiger partial charge < -0.3 is 10.0 Å². The highest BCUT2D eigenvalue weighted by atomic mass is 16.3. The summed E-state index contributed by atoms with van der Waals surface area (Å²) in [6.45, 7) is 1.30. The molecule has 2 aromatic rings. The number of hydrogen-bond donors (Lipinski definition) is 1. The summed E-state index contributed by atoms with van der Waals surface area (Å²) in [5.74, 6) is -0.826. The van der Waals surface area contributed by atoms with Crippen molar-refractivity contribution < 1.29 is 19.5 Å². The Morgan fingerprint density at radius 1 is 0.964 bits per heavy atom. The van der Waals surface area contributed by atoms with Crippen LogP contribution in [0.3, 0.4) is 0 Å². The summed E-state index contributed by atoms with van der Waals surface area (Å²) >= 11 is 0. The fraction of sp³-hybridized carbons (Fsp3) is 0.318. The predicted octanol–water partition coefficient (Wildman–Crippen LogP) is 2.12. The minimum absolute atomic E-state index is 0.169. The maximum absolute atomic E-state index is 12.8. The Morgan fingerprint density at radius 2 is 1.64 bits per heavy atom. The van der Waals surface area contributed by atoms with Gasteiger partial charge in [-0.25, -0.2) is 0 Å². The van der Waals surface area contributed by atoms with Gasteiger partial charge in [0.05, 0.1) is 17.2 Å². The van der Waals surface area contributed by atoms with Gasteiger partial charge in [0.15, 0.2) is 0 Å². The van der Waals surface area contributed by atoms with Crippen molar-refractivity contribution in [3.8, 4) is 0 Å². The molecule has 0 bridgehead atoms. The molecule has 144 valence electrons. The lowest BCUT2D eigenvalue weighted by atomic mass is 10.0. The lowest BCUT2D eigenvalue weighted by Crippen LogP contribution is -2.40. The molecule has 3 amide bonds. The van der Waals surface area contributed by atoms with Crippen LogP contribution in [0.25, 0.3) is 0 Å². The molecule has 2 aliphatic rings. The largest absolute Gasteiger partial charge is 0.393 e. The van der Waals surface area contributed by atoms with Crippen molar-refractivity contribution in [3.63, 3.8) is 0 Å². The van der Waals surface area contributed by atoms with Crippen LogP contribution in [0.1, 0.15) is 49.5 Å². The van der Waals surface area contributed by atoms with Gasteiger partial charge in [-0.15, -0.1) is 0 Å². The molecule has 2 aromatic carbocycles. The fourth-order valence-electron chi connectivity index (χ4n) is 3.76. The average molecular weight is 378 g/mol. The highest BCUT2D eigenvalue weighted by Crippen LogP contribution is 2.25. The van der Waals surface area contributed by atoms with Crippen molar-refractivity contribution >= 4 is 17.7 Å². The number of rotatable bonds is 4. The minimum atomic E-state index is -0.360. The molecule has 0 radical (unpaired) electrons. The second kappa shape index (κ2) is 7.56. The SMILES string of the molecule is O=C(c1ccc2c(c1)C(=O)N(CCc1ccccc1)C2=O)N1CCC(O)CC1. The number of imide groups is 1. The molecule has 4 rings (SSSR count). The predicted molar refractivity (Wildman–Crippen MR) is 103 cm³/mol. The van der Waals surface area contributed by atoms with Crippen molar-refractivity contribution in [1.29, 1.82) is 0 Å². The monoisotopic (exact) mass is 378 g/mol. The van der Waals surface area contributed by atoms with Crippen molar-refractivity contribution in [2.24, 2.45) is 0 Å². The lowest BCUT2D eigenvalue weighted by molar-refractivity contribution is 0.0545. The summed E-state index contributed by atoms with van der Waals surface area (Å²) in [6.07, 6.45) is 1.35. The molecule has 28 heavy (non-hydrogen) atoms. The molecule has 0 spiro atoms. The van der Waals surface area contributed by atoms with Crippen LogP contribution < -0.4 is 0 Å². The van der Waals surface area contributed by atoms with E-state index in [0.29, 0.717) is 55.6 Å². The third-order valence-electron chi connectivity index (χ3n) is 5.44. The number of piperidine rings is 1. The fourth-order valence-corrected chi connectivity index (χ4v) is 3.76. The van der Waals surface area contributed by atoms with E-state index in [4.69, 9.17) is 0 Å². The highest BCUT2D eigenvalue weighted by molar-refractivity contribution is 6.22. The summed E-state index contributed by atoms with van der Waals surface area (Å²) in [6, 6.07) is 14.4. The zero-order valence-corrected chi connectivity index (χ0v) is 15.5. The summed E-state index contributed by atoms with van der Waals surface area (Å²) < 4.78 is 0. The third-order valence-corrected chi connectivity index (χ3v) is 5.44. The average Bonchev–Trinajstić information content (AvgIpc) is 2.97. The maximum atomic E-state index is 12.8. The quantitative estimate of drug-likeness (QED) is 0.827. The van der Waals surface area contributed by atoms with Crippen molar-refractivity contribution in [2.45, 2.75) is 25.4 Å². The van der Waals surface area contributed by atoms with Gasteiger partial charge in [-0.3, -0.25) is 19.3 Å². The Hall–Kier alpha value is -2.99. The maximum Gasteiger partial charge on any atom is 0.261 e. The Balaban J connectivity index is 1.50. The molecular weight excluding hydrogens is 356 g/mol. The van der Waals surface area contributed by atoms with E-state index in [1.807, 2.05) is 30.3 Å². The highest BCUT2D eigenvalue weighted by Gasteiger charge is 2.36. The summed E-state index contributed by atoms with van der Waals surface area (Å²) in [7, 11) is 0. The second-order valence-corrected chi connectivity index (χ2v) is 7.28. The second-order valence-electron chi connectivity index (χ2n) is 7.28. The Morgan fingerprint density at radius 3 is 2.36 bits per heavy atom. The van der Waals surface area contributed by atoms with Crippen molar-refractivity contribution in [1.82, 2.24) is 9.80 Å². The molecule has 6 nitrogen and oxygen atoms in total. The smallest absolute Gasteiger partial charge is 0.261 e. The van der Waals surface area contributed by atoms with Gasteiger partial charge in [-0.2, -0.15) is 0 Å². The van der Waals surface area contributed by atoms with Gasteiger partial charge in [0.1, 0.15) is 0 Å². The first kappa shape index (κ1) is 18.4. The molecule has 1 fully saturated rings. The van der Waals surface area contributed by atoms with Crippen LogP contribution in [0.4, 0.5) is 0 Å². The van der Waals surface area contributed by atoms with Gasteiger partial charge in [0, 0.05) is 25.2 Å². The molecule has 0 unspecified atom stereocenters. The van der Waals surface area contributed by atoms with E-state index in [2.05, 4.69) is 0 Å². The molecule has 2 aliphatic heterocycles. The zero-order valence-electron chi connectivity index (χ0n) is 15.5. The number of amides is 3. The number of aliphatic hydroxyl groups excluding tert-OH is 1. The lowest BCUT2D eigenvalue weighted by Gasteiger charge is -2.29. The van der Waals surface area contributed by atoms with Crippen LogP contribution in [-0.2, 0) is 6.42 Å². The number of nitrogens with zero attached hydrogens (tertiary/aromatic N) is 2. The van der Waals surface area contributed by atoms with Crippen molar-refractivity contribution in [2.75, 3.05) is 19.6 Å². The standard InChI is InChI=1S/C22H22N2O4/c25-17-9-11-23(12-10-17)20(26)16-6-7-18-19(14-16)22(28)24(21(18)27)13-8-15-4-2-1-3-5-15/h1-7,14,17,25H,8-13H2. The molecule has 0 aromatic heterocycles. The molecule has 0 aliphatic carbocycles. The number of hydrogen-bond acceptors (Lipinski definition) is 4. The number of likely N-dealkylation sites (tertiary alicyclic amines) is 1. The van der Waals surface area contributed by atoms with E-state index < -0.39 is 0 Å². The first-order chi connectivity index (χ1) is 13.5. The first-order valence-corrected chi connectivity index (χ1v) is 9.56. The van der Waals surface area contributed by atoms with Gasteiger partial charge in [0.25, 0.3) is 17.7 Å². The Bertz CT molecular complexity index is 917. The van der Waals surface area contributed by atoms with E-state index >= 15 is 0 Å². The number of aliphatic hydroxyl groups is 1. The summed E-state index contributed by atoms with van der Waals surface area (Å²) in [4.78, 5) is 41.1. The number of benzene rings is 2. The molecule has 1 N–H and O–H groups in total. The van der Waals surface area contributed by atoms with E-state index in [0.717, 1.165) is 5.56 Å². The normalized spacial score (nSPS) is 17.2. The Kier molecular flexibility index (Phi) is 4.96. The van der Waals surface area contributed by atoms with Crippen LogP contribution >= 0.6 is 0 Å². The van der Waals surface area contributed by atoms with Crippen molar-refractivity contribution in [3.05, 3.63) is 70.8 Å². The summed E-state index contributed by atoms with van der Waals surface area (Å²) in [5.41, 5.74) is 2.10. The molecule has 6 heteroatoms. The van der Waals surface area contributed by atoms with E-state index in [1.54, 1.807) is 17.0 Å². The topological polar surface area (TPSA) is 77.9 Å². The van der Waals surface area contributed by atoms with Gasteiger partial charge >= 0.3 is 0 Å². The number of fused-ring (bicyclic) bond motifs is 1. The number of carbonyl (C=O) groups excluding carboxylic acids is 3. The molecule has 0 atom stereocenters. The van der Waals surface area contributed by atoms with Gasteiger partial charge in [-0.1, -0.05) is 30.3 Å². The molecule has 2 heterocycles. The van der Waals surface area contributed by atoms with E-state index in [-0.39, 0.29) is 23.8 Å². The van der Waals surface area contributed by atoms with Crippen LogP contribution in [0.5, 0.6) is 0 Å². The molecular formula is C22H22N2O4. The number of carbonyl (C=O) groups is 3. The first-order valence-electron chi connectivity index (χ1n) is 9.56. The zero-order chi connectivity index (χ0) is 19.7. The van der Waals surface area contributed by atoms with Crippen LogP contribution in [-0.4, -0.2) is 58.4 Å². The molecule has 1 saturated heterocycles. The van der Waals surface area contributed by atoms with Crippen LogP contribution in [0.15, 0.2) is 48.5 Å². The van der Waals surface area contributed by atoms with Gasteiger partial charge in [-0.05, 0) is 43.0 Å². The van der Waals surface area contributed by atoms with Crippen LogP contribution in [0, 0.1) is 0 Å². The Labute approximate surface area is 163 Å². The van der Waals surface area contributed by atoms with E-state index in [9.17, 15) is 19.5 Å². The van der Waals surface area contributed by atoms with Crippen LogP contribution in [0.2, 0.25) is 0 Å². The summed E-state index contributed by atoms with van der Waals surface area (Å²) in [5, 5.41) is 9.61. The molecule has 0 saturated carbocycles.